The Labute approximate surface area is 98.2 Å². The lowest BCUT2D eigenvalue weighted by molar-refractivity contribution is 0.438. The van der Waals surface area contributed by atoms with Gasteiger partial charge in [0.25, 0.3) is 0 Å². The quantitative estimate of drug-likeness (QED) is 0.491. The highest BCUT2D eigenvalue weighted by molar-refractivity contribution is 7.91. The van der Waals surface area contributed by atoms with Gasteiger partial charge in [0.05, 0.1) is 15.9 Å². The minimum absolute atomic E-state index is 0.422. The molecule has 0 unspecified atom stereocenters. The predicted octanol–water partition coefficient (Wildman–Crippen LogP) is 1.54. The van der Waals surface area contributed by atoms with Gasteiger partial charge in [-0.25, -0.2) is 0 Å². The third kappa shape index (κ3) is 1.86. The zero-order chi connectivity index (χ0) is 12.6. The molecule has 8 nitrogen and oxygen atoms in total. The van der Waals surface area contributed by atoms with Crippen LogP contribution >= 0.6 is 0 Å². The van der Waals surface area contributed by atoms with Crippen molar-refractivity contribution in [3.05, 3.63) is 34.2 Å². The van der Waals surface area contributed by atoms with E-state index in [0.717, 1.165) is 9.98 Å². The lowest BCUT2D eigenvalue weighted by Gasteiger charge is -2.21. The normalized spacial score (nSPS) is 15.1. The summed E-state index contributed by atoms with van der Waals surface area (Å²) in [5, 5.41) is 1.24. The van der Waals surface area contributed by atoms with E-state index in [1.165, 1.54) is 12.2 Å². The van der Waals surface area contributed by atoms with Crippen molar-refractivity contribution in [1.82, 2.24) is 5.12 Å². The second kappa shape index (κ2) is 3.81. The van der Waals surface area contributed by atoms with E-state index >= 15 is 0 Å². The van der Waals surface area contributed by atoms with Crippen LogP contribution in [0.2, 0.25) is 0 Å². The van der Waals surface area contributed by atoms with Gasteiger partial charge in [-0.15, -0.1) is 5.12 Å². The molecule has 0 radical (unpaired) electrons. The van der Waals surface area contributed by atoms with Gasteiger partial charge in [-0.2, -0.15) is 12.8 Å². The van der Waals surface area contributed by atoms with Crippen LogP contribution in [0.3, 0.4) is 0 Å². The van der Waals surface area contributed by atoms with Crippen LogP contribution in [0, 0.1) is 6.92 Å². The van der Waals surface area contributed by atoms with Crippen molar-refractivity contribution in [1.29, 1.82) is 0 Å². The summed E-state index contributed by atoms with van der Waals surface area (Å²) in [6.45, 7) is 1.90. The monoisotopic (exact) mass is 254 g/mol. The molecule has 17 heavy (non-hydrogen) atoms. The van der Waals surface area contributed by atoms with E-state index < -0.39 is 10.2 Å². The molecular weight excluding hydrogens is 244 g/mol. The Morgan fingerprint density at radius 2 is 2.18 bits per heavy atom. The SMILES string of the molecule is Cc1ccc2c(c1)NN(C)N2S(=O)(=O)N=[N+]=[N-]. The molecule has 0 saturated heterocycles. The zero-order valence-corrected chi connectivity index (χ0v) is 10.0. The molecule has 1 aromatic carbocycles. The number of fused-ring (bicyclic) bond motifs is 1. The first kappa shape index (κ1) is 11.5. The Bertz CT molecular complexity index is 606. The second-order valence-corrected chi connectivity index (χ2v) is 4.95. The van der Waals surface area contributed by atoms with Crippen LogP contribution in [0.15, 0.2) is 22.7 Å². The molecule has 1 heterocycles. The Balaban J connectivity index is 2.56. The van der Waals surface area contributed by atoms with E-state index in [1.54, 1.807) is 18.2 Å². The lowest BCUT2D eigenvalue weighted by atomic mass is 10.2. The van der Waals surface area contributed by atoms with Gasteiger partial charge in [0, 0.05) is 12.0 Å². The number of nitrogens with one attached hydrogen (secondary N) is 1. The Morgan fingerprint density at radius 3 is 2.82 bits per heavy atom. The van der Waals surface area contributed by atoms with Crippen molar-refractivity contribution >= 4 is 21.6 Å². The molecule has 0 atom stereocenters. The third-order valence-corrected chi connectivity index (χ3v) is 3.43. The van der Waals surface area contributed by atoms with E-state index in [0.29, 0.717) is 11.4 Å². The highest BCUT2D eigenvalue weighted by Gasteiger charge is 2.33. The maximum Gasteiger partial charge on any atom is 0.339 e. The molecule has 0 amide bonds. The van der Waals surface area contributed by atoms with Gasteiger partial charge in [0.15, 0.2) is 0 Å². The van der Waals surface area contributed by atoms with Gasteiger partial charge in [-0.1, -0.05) is 6.07 Å². The van der Waals surface area contributed by atoms with Gasteiger partial charge < -0.3 is 0 Å². The molecule has 2 rings (SSSR count). The summed E-state index contributed by atoms with van der Waals surface area (Å²) < 4.78 is 27.1. The summed E-state index contributed by atoms with van der Waals surface area (Å²) in [7, 11) is -2.57. The maximum absolute atomic E-state index is 11.7. The second-order valence-electron chi connectivity index (χ2n) is 3.55. The average Bonchev–Trinajstić information content (AvgIpc) is 2.53. The molecule has 0 bridgehead atoms. The third-order valence-electron chi connectivity index (χ3n) is 2.27. The Morgan fingerprint density at radius 1 is 1.47 bits per heavy atom. The summed E-state index contributed by atoms with van der Waals surface area (Å²) in [5.74, 6) is 0. The maximum atomic E-state index is 11.7. The van der Waals surface area contributed by atoms with E-state index in [2.05, 4.69) is 14.9 Å². The van der Waals surface area contributed by atoms with Crippen LogP contribution in [-0.2, 0) is 10.2 Å². The highest BCUT2D eigenvalue weighted by atomic mass is 32.2. The number of hydrogen-bond donors (Lipinski definition) is 1. The number of hydrogen-bond acceptors (Lipinski definition) is 4. The zero-order valence-electron chi connectivity index (χ0n) is 9.19. The molecule has 1 aliphatic rings. The highest BCUT2D eigenvalue weighted by Crippen LogP contribution is 2.35. The van der Waals surface area contributed by atoms with Crippen LogP contribution in [0.25, 0.3) is 10.4 Å². The smallest absolute Gasteiger partial charge is 0.298 e. The summed E-state index contributed by atoms with van der Waals surface area (Å²) in [4.78, 5) is 2.32. The standard InChI is InChI=1S/C8H10N6O2S/c1-6-3-4-8-7(5-6)10-13(2)14(8)17(15,16)12-11-9/h3-5,10H,1-2H3. The summed E-state index contributed by atoms with van der Waals surface area (Å²) in [5.41, 5.74) is 13.2. The Kier molecular flexibility index (Phi) is 2.58. The molecule has 0 aliphatic carbocycles. The van der Waals surface area contributed by atoms with Crippen molar-refractivity contribution < 1.29 is 8.42 Å². The van der Waals surface area contributed by atoms with Crippen molar-refractivity contribution in [3.8, 4) is 0 Å². The van der Waals surface area contributed by atoms with E-state index in [4.69, 9.17) is 5.53 Å². The van der Waals surface area contributed by atoms with Crippen LogP contribution in [0.5, 0.6) is 0 Å². The number of aryl methyl sites for hydroxylation is 1. The van der Waals surface area contributed by atoms with Gasteiger partial charge in [-0.3, -0.25) is 5.43 Å². The molecule has 90 valence electrons. The van der Waals surface area contributed by atoms with Crippen molar-refractivity contribution in [3.63, 3.8) is 0 Å². The molecule has 1 aliphatic heterocycles. The molecule has 9 heteroatoms. The van der Waals surface area contributed by atoms with E-state index in [9.17, 15) is 8.42 Å². The fourth-order valence-electron chi connectivity index (χ4n) is 1.65. The minimum Gasteiger partial charge on any atom is -0.298 e. The van der Waals surface area contributed by atoms with Crippen LogP contribution < -0.4 is 9.84 Å². The number of benzene rings is 1. The summed E-state index contributed by atoms with van der Waals surface area (Å²) in [6.07, 6.45) is 0. The van der Waals surface area contributed by atoms with Crippen molar-refractivity contribution in [2.24, 2.45) is 4.52 Å². The van der Waals surface area contributed by atoms with Crippen LogP contribution in [-0.4, -0.2) is 20.6 Å². The number of anilines is 2. The lowest BCUT2D eigenvalue weighted by Crippen LogP contribution is -2.41. The number of rotatable bonds is 2. The van der Waals surface area contributed by atoms with E-state index in [1.807, 2.05) is 6.92 Å². The first-order valence-corrected chi connectivity index (χ1v) is 6.08. The van der Waals surface area contributed by atoms with E-state index in [-0.39, 0.29) is 0 Å². The molecule has 0 fully saturated rings. The number of hydrazine groups is 2. The van der Waals surface area contributed by atoms with Crippen molar-refractivity contribution in [2.75, 3.05) is 16.9 Å². The topological polar surface area (TPSA) is 101 Å². The van der Waals surface area contributed by atoms with Gasteiger partial charge in [0.1, 0.15) is 0 Å². The fraction of sp³-hybridized carbons (Fsp3) is 0.250. The van der Waals surface area contributed by atoms with Crippen LogP contribution in [0.4, 0.5) is 11.4 Å². The average molecular weight is 254 g/mol. The molecule has 1 aromatic rings. The summed E-state index contributed by atoms with van der Waals surface area (Å²) in [6, 6.07) is 5.22. The molecule has 0 aromatic heterocycles. The summed E-state index contributed by atoms with van der Waals surface area (Å²) >= 11 is 0. The van der Waals surface area contributed by atoms with Gasteiger partial charge >= 0.3 is 10.2 Å². The number of nitrogens with zero attached hydrogens (tertiary/aromatic N) is 5. The first-order chi connectivity index (χ1) is 7.95. The van der Waals surface area contributed by atoms with Gasteiger partial charge in [-0.05, 0) is 30.2 Å². The molecule has 1 N–H and O–H groups in total. The van der Waals surface area contributed by atoms with Crippen LogP contribution in [0.1, 0.15) is 5.56 Å². The largest absolute Gasteiger partial charge is 0.339 e. The first-order valence-electron chi connectivity index (χ1n) is 4.68. The fourth-order valence-corrected chi connectivity index (χ4v) is 2.57. The Hall–Kier alpha value is -1.96. The molecular formula is C8H10N6O2S. The predicted molar refractivity (Wildman–Crippen MR) is 63.1 cm³/mol. The molecule has 0 spiro atoms. The minimum atomic E-state index is -4.08. The molecule has 0 saturated carbocycles. The van der Waals surface area contributed by atoms with Crippen molar-refractivity contribution in [2.45, 2.75) is 6.92 Å². The van der Waals surface area contributed by atoms with Gasteiger partial charge in [0.2, 0.25) is 0 Å². The number of azide groups is 1.